The molecular formula is C14H22N3. The summed E-state index contributed by atoms with van der Waals surface area (Å²) in [6.07, 6.45) is 2.36. The number of pyridine rings is 1. The average molecular weight is 232 g/mol. The van der Waals surface area contributed by atoms with Crippen LogP contribution in [-0.4, -0.2) is 10.7 Å². The smallest absolute Gasteiger partial charge is 0.0838 e. The Labute approximate surface area is 104 Å². The van der Waals surface area contributed by atoms with Gasteiger partial charge in [-0.15, -0.1) is 0 Å². The number of aromatic nitrogens is 1. The molecule has 0 saturated carbocycles. The zero-order chi connectivity index (χ0) is 13.0. The SMILES string of the molecule is C[C](C)C(C)C(C)CC(=N)c1ccc(N)cn1. The lowest BCUT2D eigenvalue weighted by molar-refractivity contribution is 0.415. The number of anilines is 1. The monoisotopic (exact) mass is 232 g/mol. The molecule has 3 heteroatoms. The second kappa shape index (κ2) is 5.80. The summed E-state index contributed by atoms with van der Waals surface area (Å²) >= 11 is 0. The molecule has 0 saturated heterocycles. The number of hydrogen-bond donors (Lipinski definition) is 2. The molecule has 93 valence electrons. The van der Waals surface area contributed by atoms with Crippen LogP contribution in [0.2, 0.25) is 0 Å². The fourth-order valence-electron chi connectivity index (χ4n) is 1.76. The standard InChI is InChI=1S/C14H22N3/c1-9(2)11(4)10(3)7-13(16)14-6-5-12(15)8-17-14/h5-6,8,10-11,16H,7,15H2,1-4H3. The third kappa shape index (κ3) is 3.84. The molecule has 2 unspecified atom stereocenters. The van der Waals surface area contributed by atoms with E-state index >= 15 is 0 Å². The van der Waals surface area contributed by atoms with Crippen LogP contribution in [-0.2, 0) is 0 Å². The zero-order valence-corrected chi connectivity index (χ0v) is 11.1. The number of nitrogen functional groups attached to an aromatic ring is 1. The number of nitrogens with one attached hydrogen (secondary N) is 1. The topological polar surface area (TPSA) is 62.8 Å². The van der Waals surface area contributed by atoms with Crippen molar-refractivity contribution in [2.24, 2.45) is 11.8 Å². The molecule has 0 fully saturated rings. The minimum absolute atomic E-state index is 0.465. The molecule has 2 atom stereocenters. The van der Waals surface area contributed by atoms with Crippen LogP contribution < -0.4 is 5.73 Å². The summed E-state index contributed by atoms with van der Waals surface area (Å²) in [6, 6.07) is 3.61. The van der Waals surface area contributed by atoms with E-state index in [1.807, 2.05) is 6.07 Å². The van der Waals surface area contributed by atoms with Crippen molar-refractivity contribution in [1.29, 1.82) is 5.41 Å². The van der Waals surface area contributed by atoms with Crippen LogP contribution in [0.15, 0.2) is 18.3 Å². The molecule has 1 rings (SSSR count). The maximum Gasteiger partial charge on any atom is 0.0838 e. The van der Waals surface area contributed by atoms with E-state index in [0.29, 0.717) is 23.2 Å². The van der Waals surface area contributed by atoms with Crippen molar-refractivity contribution in [1.82, 2.24) is 4.98 Å². The Morgan fingerprint density at radius 1 is 1.35 bits per heavy atom. The van der Waals surface area contributed by atoms with Crippen LogP contribution in [0.3, 0.4) is 0 Å². The van der Waals surface area contributed by atoms with E-state index in [9.17, 15) is 0 Å². The fraction of sp³-hybridized carbons (Fsp3) is 0.500. The first-order valence-corrected chi connectivity index (χ1v) is 6.01. The van der Waals surface area contributed by atoms with Gasteiger partial charge in [0.1, 0.15) is 0 Å². The molecule has 1 aromatic rings. The Hall–Kier alpha value is -1.38. The minimum Gasteiger partial charge on any atom is -0.397 e. The lowest BCUT2D eigenvalue weighted by Gasteiger charge is -2.23. The molecule has 0 aromatic carbocycles. The molecular weight excluding hydrogens is 210 g/mol. The first-order valence-electron chi connectivity index (χ1n) is 6.01. The lowest BCUT2D eigenvalue weighted by atomic mass is 9.83. The van der Waals surface area contributed by atoms with Crippen molar-refractivity contribution >= 4 is 11.4 Å². The van der Waals surface area contributed by atoms with Gasteiger partial charge in [0.15, 0.2) is 0 Å². The van der Waals surface area contributed by atoms with Gasteiger partial charge in [-0.05, 0) is 36.3 Å². The number of rotatable bonds is 5. The van der Waals surface area contributed by atoms with Gasteiger partial charge in [-0.1, -0.05) is 27.7 Å². The fourth-order valence-corrected chi connectivity index (χ4v) is 1.76. The van der Waals surface area contributed by atoms with E-state index in [1.165, 1.54) is 5.92 Å². The summed E-state index contributed by atoms with van der Waals surface area (Å²) in [5.41, 5.74) is 7.54. The van der Waals surface area contributed by atoms with E-state index in [-0.39, 0.29) is 0 Å². The average Bonchev–Trinajstić information content (AvgIpc) is 2.28. The maximum atomic E-state index is 8.05. The van der Waals surface area contributed by atoms with Gasteiger partial charge in [-0.3, -0.25) is 4.98 Å². The van der Waals surface area contributed by atoms with Crippen LogP contribution in [0.4, 0.5) is 5.69 Å². The highest BCUT2D eigenvalue weighted by Crippen LogP contribution is 2.25. The second-order valence-electron chi connectivity index (χ2n) is 5.00. The first-order chi connectivity index (χ1) is 7.91. The van der Waals surface area contributed by atoms with E-state index < -0.39 is 0 Å². The van der Waals surface area contributed by atoms with Crippen molar-refractivity contribution in [2.75, 3.05) is 5.73 Å². The normalized spacial score (nSPS) is 14.6. The molecule has 3 N–H and O–H groups in total. The van der Waals surface area contributed by atoms with Gasteiger partial charge in [-0.2, -0.15) is 0 Å². The molecule has 0 amide bonds. The second-order valence-corrected chi connectivity index (χ2v) is 5.00. The third-order valence-electron chi connectivity index (χ3n) is 3.39. The Morgan fingerprint density at radius 3 is 2.47 bits per heavy atom. The van der Waals surface area contributed by atoms with Crippen LogP contribution in [0.5, 0.6) is 0 Å². The van der Waals surface area contributed by atoms with Crippen molar-refractivity contribution in [2.45, 2.75) is 34.1 Å². The maximum absolute atomic E-state index is 8.05. The largest absolute Gasteiger partial charge is 0.397 e. The van der Waals surface area contributed by atoms with E-state index in [0.717, 1.165) is 12.1 Å². The lowest BCUT2D eigenvalue weighted by Crippen LogP contribution is -2.17. The first kappa shape index (κ1) is 13.7. The molecule has 0 aliphatic rings. The Kier molecular flexibility index (Phi) is 4.67. The minimum atomic E-state index is 0.465. The highest BCUT2D eigenvalue weighted by atomic mass is 14.7. The predicted octanol–water partition coefficient (Wildman–Crippen LogP) is 3.31. The predicted molar refractivity (Wildman–Crippen MR) is 73.0 cm³/mol. The van der Waals surface area contributed by atoms with Gasteiger partial charge in [-0.25, -0.2) is 0 Å². The highest BCUT2D eigenvalue weighted by molar-refractivity contribution is 5.96. The quantitative estimate of drug-likeness (QED) is 0.765. The van der Waals surface area contributed by atoms with E-state index in [4.69, 9.17) is 11.1 Å². The van der Waals surface area contributed by atoms with Gasteiger partial charge < -0.3 is 11.1 Å². The molecule has 0 aliphatic heterocycles. The summed E-state index contributed by atoms with van der Waals surface area (Å²) < 4.78 is 0. The molecule has 1 heterocycles. The molecule has 1 aromatic heterocycles. The van der Waals surface area contributed by atoms with Crippen LogP contribution >= 0.6 is 0 Å². The van der Waals surface area contributed by atoms with Crippen LogP contribution in [0.1, 0.15) is 39.8 Å². The molecule has 17 heavy (non-hydrogen) atoms. The molecule has 0 spiro atoms. The van der Waals surface area contributed by atoms with Crippen molar-refractivity contribution < 1.29 is 0 Å². The van der Waals surface area contributed by atoms with Gasteiger partial charge in [0.2, 0.25) is 0 Å². The van der Waals surface area contributed by atoms with E-state index in [1.54, 1.807) is 12.3 Å². The highest BCUT2D eigenvalue weighted by Gasteiger charge is 2.18. The zero-order valence-electron chi connectivity index (χ0n) is 11.1. The van der Waals surface area contributed by atoms with Gasteiger partial charge in [0, 0.05) is 0 Å². The van der Waals surface area contributed by atoms with Gasteiger partial charge in [0.25, 0.3) is 0 Å². The Balaban J connectivity index is 2.63. The summed E-state index contributed by atoms with van der Waals surface area (Å²) in [5, 5.41) is 8.05. The van der Waals surface area contributed by atoms with Crippen molar-refractivity contribution in [3.05, 3.63) is 29.9 Å². The van der Waals surface area contributed by atoms with Crippen molar-refractivity contribution in [3.63, 3.8) is 0 Å². The molecule has 3 nitrogen and oxygen atoms in total. The summed E-state index contributed by atoms with van der Waals surface area (Å²) in [7, 11) is 0. The third-order valence-corrected chi connectivity index (χ3v) is 3.39. The summed E-state index contributed by atoms with van der Waals surface area (Å²) in [5.74, 6) is 2.41. The van der Waals surface area contributed by atoms with Gasteiger partial charge in [0.05, 0.1) is 23.3 Å². The Morgan fingerprint density at radius 2 is 2.00 bits per heavy atom. The number of hydrogen-bond acceptors (Lipinski definition) is 3. The van der Waals surface area contributed by atoms with E-state index in [2.05, 4.69) is 32.7 Å². The molecule has 1 radical (unpaired) electrons. The number of nitrogens with two attached hydrogens (primary N) is 1. The van der Waals surface area contributed by atoms with Crippen LogP contribution in [0, 0.1) is 23.2 Å². The number of nitrogens with zero attached hydrogens (tertiary/aromatic N) is 1. The molecule has 0 aliphatic carbocycles. The summed E-state index contributed by atoms with van der Waals surface area (Å²) in [4.78, 5) is 4.18. The Bertz CT molecular complexity index is 368. The van der Waals surface area contributed by atoms with Gasteiger partial charge >= 0.3 is 0 Å². The van der Waals surface area contributed by atoms with Crippen LogP contribution in [0.25, 0.3) is 0 Å². The van der Waals surface area contributed by atoms with Crippen molar-refractivity contribution in [3.8, 4) is 0 Å². The summed E-state index contributed by atoms with van der Waals surface area (Å²) in [6.45, 7) is 8.69. The molecule has 0 bridgehead atoms.